The molecule has 3 aromatic rings. The molecule has 19 heavy (non-hydrogen) atoms. The van der Waals surface area contributed by atoms with E-state index in [-0.39, 0.29) is 16.3 Å². The third-order valence-electron chi connectivity index (χ3n) is 2.31. The van der Waals surface area contributed by atoms with Gasteiger partial charge in [0.2, 0.25) is 0 Å². The van der Waals surface area contributed by atoms with Gasteiger partial charge in [0.1, 0.15) is 11.3 Å². The molecule has 0 radical (unpaired) electrons. The van der Waals surface area contributed by atoms with Gasteiger partial charge in [-0.1, -0.05) is 23.2 Å². The molecule has 96 valence electrons. The number of oxazole rings is 1. The van der Waals surface area contributed by atoms with Crippen LogP contribution in [0.2, 0.25) is 10.3 Å². The molecule has 0 bridgehead atoms. The van der Waals surface area contributed by atoms with Gasteiger partial charge in [-0.3, -0.25) is 0 Å². The highest BCUT2D eigenvalue weighted by Gasteiger charge is 2.10. The Balaban J connectivity index is 1.98. The van der Waals surface area contributed by atoms with Gasteiger partial charge in [-0.15, -0.1) is 10.2 Å². The topological polar surface area (TPSA) is 63.8 Å². The predicted molar refractivity (Wildman–Crippen MR) is 69.3 cm³/mol. The van der Waals surface area contributed by atoms with Gasteiger partial charge in [-0.25, -0.2) is 4.39 Å². The monoisotopic (exact) mass is 298 g/mol. The lowest BCUT2D eigenvalue weighted by atomic mass is 10.3. The number of fused-ring (bicyclic) bond motifs is 1. The van der Waals surface area contributed by atoms with Gasteiger partial charge in [-0.2, -0.15) is 4.98 Å². The van der Waals surface area contributed by atoms with Crippen molar-refractivity contribution in [1.29, 1.82) is 0 Å². The molecular weight excluding hydrogens is 294 g/mol. The summed E-state index contributed by atoms with van der Waals surface area (Å²) in [6.07, 6.45) is 0. The van der Waals surface area contributed by atoms with Gasteiger partial charge < -0.3 is 9.73 Å². The zero-order valence-corrected chi connectivity index (χ0v) is 10.7. The minimum atomic E-state index is -0.401. The van der Waals surface area contributed by atoms with E-state index in [2.05, 4.69) is 20.5 Å². The SMILES string of the molecule is Fc1ccc2nc(Nc3cc(Cl)nnc3Cl)oc2c1. The van der Waals surface area contributed by atoms with Crippen LogP contribution in [-0.2, 0) is 0 Å². The van der Waals surface area contributed by atoms with Crippen molar-refractivity contribution in [3.05, 3.63) is 40.4 Å². The number of hydrogen-bond acceptors (Lipinski definition) is 5. The number of halogens is 3. The van der Waals surface area contributed by atoms with E-state index in [1.54, 1.807) is 0 Å². The highest BCUT2D eigenvalue weighted by molar-refractivity contribution is 6.33. The maximum absolute atomic E-state index is 13.0. The second kappa shape index (κ2) is 4.64. The van der Waals surface area contributed by atoms with Crippen molar-refractivity contribution < 1.29 is 8.81 Å². The molecule has 0 aliphatic carbocycles. The molecule has 0 saturated heterocycles. The maximum atomic E-state index is 13.0. The number of anilines is 2. The van der Waals surface area contributed by atoms with Gasteiger partial charge >= 0.3 is 0 Å². The summed E-state index contributed by atoms with van der Waals surface area (Å²) in [5.74, 6) is -0.401. The van der Waals surface area contributed by atoms with Crippen LogP contribution in [0.1, 0.15) is 0 Å². The minimum Gasteiger partial charge on any atom is -0.423 e. The highest BCUT2D eigenvalue weighted by atomic mass is 35.5. The lowest BCUT2D eigenvalue weighted by Gasteiger charge is -2.02. The fraction of sp³-hybridized carbons (Fsp3) is 0. The molecule has 2 heterocycles. The Morgan fingerprint density at radius 3 is 2.84 bits per heavy atom. The summed E-state index contributed by atoms with van der Waals surface area (Å²) in [4.78, 5) is 4.13. The van der Waals surface area contributed by atoms with Crippen LogP contribution in [0.4, 0.5) is 16.1 Å². The van der Waals surface area contributed by atoms with Crippen LogP contribution in [-0.4, -0.2) is 15.2 Å². The highest BCUT2D eigenvalue weighted by Crippen LogP contribution is 2.27. The van der Waals surface area contributed by atoms with Crippen LogP contribution < -0.4 is 5.32 Å². The summed E-state index contributed by atoms with van der Waals surface area (Å²) < 4.78 is 18.4. The van der Waals surface area contributed by atoms with Crippen LogP contribution in [0.25, 0.3) is 11.1 Å². The van der Waals surface area contributed by atoms with Crippen LogP contribution >= 0.6 is 23.2 Å². The molecule has 0 saturated carbocycles. The van der Waals surface area contributed by atoms with Gasteiger partial charge in [0.25, 0.3) is 6.01 Å². The van der Waals surface area contributed by atoms with Crippen LogP contribution in [0.15, 0.2) is 28.7 Å². The second-order valence-corrected chi connectivity index (χ2v) is 4.37. The van der Waals surface area contributed by atoms with E-state index in [9.17, 15) is 4.39 Å². The average molecular weight is 299 g/mol. The Kier molecular flexibility index (Phi) is 2.96. The van der Waals surface area contributed by atoms with Crippen molar-refractivity contribution in [2.45, 2.75) is 0 Å². The van der Waals surface area contributed by atoms with E-state index in [1.165, 1.54) is 24.3 Å². The first-order valence-electron chi connectivity index (χ1n) is 5.14. The smallest absolute Gasteiger partial charge is 0.300 e. The number of rotatable bonds is 2. The molecule has 0 atom stereocenters. The fourth-order valence-electron chi connectivity index (χ4n) is 1.51. The number of nitrogens with one attached hydrogen (secondary N) is 1. The number of benzene rings is 1. The Morgan fingerprint density at radius 2 is 2.00 bits per heavy atom. The number of aromatic nitrogens is 3. The third-order valence-corrected chi connectivity index (χ3v) is 2.78. The fourth-order valence-corrected chi connectivity index (χ4v) is 1.79. The standard InChI is InChI=1S/C11H5Cl2FN4O/c12-9-4-7(10(13)18-17-9)16-11-15-6-2-1-5(14)3-8(6)19-11/h1-4H,(H,15,16,17). The first-order valence-corrected chi connectivity index (χ1v) is 5.89. The van der Waals surface area contributed by atoms with Crippen molar-refractivity contribution >= 4 is 46.0 Å². The lowest BCUT2D eigenvalue weighted by Crippen LogP contribution is -1.94. The van der Waals surface area contributed by atoms with E-state index in [0.29, 0.717) is 16.8 Å². The first kappa shape index (κ1) is 12.1. The summed E-state index contributed by atoms with van der Waals surface area (Å²) in [5, 5.41) is 10.3. The van der Waals surface area contributed by atoms with Gasteiger partial charge in [-0.05, 0) is 12.1 Å². The summed E-state index contributed by atoms with van der Waals surface area (Å²) in [5.41, 5.74) is 1.24. The normalized spacial score (nSPS) is 10.9. The molecule has 0 aliphatic rings. The molecule has 3 rings (SSSR count). The van der Waals surface area contributed by atoms with E-state index >= 15 is 0 Å². The lowest BCUT2D eigenvalue weighted by molar-refractivity contribution is 0.604. The molecule has 1 aromatic carbocycles. The second-order valence-electron chi connectivity index (χ2n) is 3.63. The van der Waals surface area contributed by atoms with Gasteiger partial charge in [0.05, 0.1) is 5.69 Å². The quantitative estimate of drug-likeness (QED) is 0.779. The molecule has 0 fully saturated rings. The van der Waals surface area contributed by atoms with Crippen molar-refractivity contribution in [3.8, 4) is 0 Å². The van der Waals surface area contributed by atoms with Crippen LogP contribution in [0, 0.1) is 5.82 Å². The third kappa shape index (κ3) is 2.45. The Labute approximate surface area is 116 Å². The van der Waals surface area contributed by atoms with Crippen molar-refractivity contribution in [2.24, 2.45) is 0 Å². The van der Waals surface area contributed by atoms with E-state index < -0.39 is 5.82 Å². The Hall–Kier alpha value is -1.92. The molecule has 5 nitrogen and oxygen atoms in total. The first-order chi connectivity index (χ1) is 9.11. The zero-order valence-electron chi connectivity index (χ0n) is 9.19. The molecule has 0 amide bonds. The predicted octanol–water partition coefficient (Wildman–Crippen LogP) is 3.81. The van der Waals surface area contributed by atoms with Crippen molar-refractivity contribution in [1.82, 2.24) is 15.2 Å². The molecule has 0 unspecified atom stereocenters. The van der Waals surface area contributed by atoms with Gasteiger partial charge in [0, 0.05) is 12.1 Å². The molecule has 0 spiro atoms. The summed E-state index contributed by atoms with van der Waals surface area (Å²) in [6, 6.07) is 5.69. The largest absolute Gasteiger partial charge is 0.423 e. The Bertz CT molecular complexity index is 762. The maximum Gasteiger partial charge on any atom is 0.300 e. The van der Waals surface area contributed by atoms with E-state index in [1.807, 2.05) is 0 Å². The molecule has 8 heteroatoms. The van der Waals surface area contributed by atoms with Crippen molar-refractivity contribution in [3.63, 3.8) is 0 Å². The summed E-state index contributed by atoms with van der Waals surface area (Å²) in [7, 11) is 0. The number of hydrogen-bond donors (Lipinski definition) is 1. The van der Waals surface area contributed by atoms with Crippen LogP contribution in [0.5, 0.6) is 0 Å². The van der Waals surface area contributed by atoms with E-state index in [4.69, 9.17) is 27.6 Å². The number of nitrogens with zero attached hydrogens (tertiary/aromatic N) is 3. The average Bonchev–Trinajstić information content (AvgIpc) is 2.75. The Morgan fingerprint density at radius 1 is 1.16 bits per heavy atom. The van der Waals surface area contributed by atoms with E-state index in [0.717, 1.165) is 0 Å². The molecule has 1 N–H and O–H groups in total. The molecule has 2 aromatic heterocycles. The molecular formula is C11H5Cl2FN4O. The summed E-state index contributed by atoms with van der Waals surface area (Å²) in [6.45, 7) is 0. The van der Waals surface area contributed by atoms with Crippen molar-refractivity contribution in [2.75, 3.05) is 5.32 Å². The zero-order chi connectivity index (χ0) is 13.4. The minimum absolute atomic E-state index is 0.123. The van der Waals surface area contributed by atoms with Crippen LogP contribution in [0.3, 0.4) is 0 Å². The van der Waals surface area contributed by atoms with Gasteiger partial charge in [0.15, 0.2) is 15.9 Å². The summed E-state index contributed by atoms with van der Waals surface area (Å²) >= 11 is 11.6. The molecule has 0 aliphatic heterocycles.